The lowest BCUT2D eigenvalue weighted by Gasteiger charge is -2.21. The molecule has 1 aliphatic carbocycles. The molecule has 0 spiro atoms. The third-order valence-electron chi connectivity index (χ3n) is 3.86. The Bertz CT molecular complexity index is 536. The van der Waals surface area contributed by atoms with Crippen molar-refractivity contribution in [3.05, 3.63) is 29.8 Å². The van der Waals surface area contributed by atoms with Crippen LogP contribution in [0.1, 0.15) is 31.7 Å². The lowest BCUT2D eigenvalue weighted by Crippen LogP contribution is -2.33. The van der Waals surface area contributed by atoms with E-state index in [1.807, 2.05) is 26.1 Å². The number of likely N-dealkylation sites (N-methyl/N-ethyl adjacent to an activating group) is 1. The van der Waals surface area contributed by atoms with E-state index in [1.165, 1.54) is 12.8 Å². The van der Waals surface area contributed by atoms with Crippen molar-refractivity contribution < 1.29 is 8.42 Å². The number of nitrogens with zero attached hydrogens (tertiary/aromatic N) is 1. The lowest BCUT2D eigenvalue weighted by molar-refractivity contribution is 0.395. The van der Waals surface area contributed by atoms with Crippen LogP contribution in [0.2, 0.25) is 0 Å². The molecule has 4 nitrogen and oxygen atoms in total. The van der Waals surface area contributed by atoms with Gasteiger partial charge in [-0.05, 0) is 62.9 Å². The summed E-state index contributed by atoms with van der Waals surface area (Å²) in [6, 6.07) is 7.34. The minimum Gasteiger partial charge on any atom is -0.319 e. The third kappa shape index (κ3) is 4.53. The molecule has 0 radical (unpaired) electrons. The second-order valence-corrected chi connectivity index (χ2v) is 7.74. The molecule has 0 unspecified atom stereocenters. The molecule has 0 saturated heterocycles. The molecule has 0 heterocycles. The molecule has 1 aliphatic rings. The summed E-state index contributed by atoms with van der Waals surface area (Å²) in [5, 5.41) is 3.10. The molecular formula is C16H26N2O2S. The second-order valence-electron chi connectivity index (χ2n) is 5.80. The number of hydrogen-bond donors (Lipinski definition) is 1. The summed E-state index contributed by atoms with van der Waals surface area (Å²) in [5.41, 5.74) is 1.16. The highest BCUT2D eigenvalue weighted by Crippen LogP contribution is 2.31. The Hall–Kier alpha value is -0.910. The first kappa shape index (κ1) is 16.5. The van der Waals surface area contributed by atoms with Crippen molar-refractivity contribution >= 4 is 10.0 Å². The van der Waals surface area contributed by atoms with E-state index in [1.54, 1.807) is 16.4 Å². The van der Waals surface area contributed by atoms with E-state index < -0.39 is 10.0 Å². The van der Waals surface area contributed by atoms with Crippen LogP contribution in [0.4, 0.5) is 0 Å². The minimum atomic E-state index is -3.34. The van der Waals surface area contributed by atoms with E-state index in [-0.39, 0.29) is 0 Å². The number of sulfonamides is 1. The van der Waals surface area contributed by atoms with Crippen LogP contribution in [-0.2, 0) is 16.4 Å². The summed E-state index contributed by atoms with van der Waals surface area (Å²) in [4.78, 5) is 0.421. The summed E-state index contributed by atoms with van der Waals surface area (Å²) >= 11 is 0. The molecule has 2 rings (SSSR count). The molecule has 5 heteroatoms. The van der Waals surface area contributed by atoms with Crippen LogP contribution in [0.3, 0.4) is 0 Å². The van der Waals surface area contributed by atoms with E-state index >= 15 is 0 Å². The topological polar surface area (TPSA) is 49.4 Å². The van der Waals surface area contributed by atoms with E-state index in [2.05, 4.69) is 5.32 Å². The van der Waals surface area contributed by atoms with Crippen molar-refractivity contribution in [1.29, 1.82) is 0 Å². The highest BCUT2D eigenvalue weighted by atomic mass is 32.2. The Morgan fingerprint density at radius 3 is 2.43 bits per heavy atom. The van der Waals surface area contributed by atoms with Gasteiger partial charge in [0.15, 0.2) is 0 Å². The van der Waals surface area contributed by atoms with Gasteiger partial charge in [-0.3, -0.25) is 0 Å². The van der Waals surface area contributed by atoms with Gasteiger partial charge in [0, 0.05) is 13.1 Å². The zero-order valence-corrected chi connectivity index (χ0v) is 13.8. The molecule has 0 aliphatic heterocycles. The van der Waals surface area contributed by atoms with Gasteiger partial charge in [-0.2, -0.15) is 4.31 Å². The van der Waals surface area contributed by atoms with Gasteiger partial charge >= 0.3 is 0 Å². The van der Waals surface area contributed by atoms with Gasteiger partial charge in [0.25, 0.3) is 0 Å². The van der Waals surface area contributed by atoms with Crippen LogP contribution in [0, 0.1) is 5.92 Å². The van der Waals surface area contributed by atoms with Crippen molar-refractivity contribution in [2.45, 2.75) is 37.5 Å². The van der Waals surface area contributed by atoms with Gasteiger partial charge < -0.3 is 5.32 Å². The van der Waals surface area contributed by atoms with Crippen molar-refractivity contribution in [1.82, 2.24) is 9.62 Å². The third-order valence-corrected chi connectivity index (χ3v) is 5.74. The van der Waals surface area contributed by atoms with Crippen molar-refractivity contribution in [2.24, 2.45) is 5.92 Å². The fraction of sp³-hybridized carbons (Fsp3) is 0.625. The molecule has 0 bridgehead atoms. The van der Waals surface area contributed by atoms with Crippen LogP contribution in [0.5, 0.6) is 0 Å². The Labute approximate surface area is 128 Å². The normalized spacial score (nSPS) is 15.6. The van der Waals surface area contributed by atoms with Gasteiger partial charge in [0.2, 0.25) is 10.0 Å². The maximum absolute atomic E-state index is 12.7. The first-order chi connectivity index (χ1) is 10.1. The van der Waals surface area contributed by atoms with E-state index in [0.29, 0.717) is 23.9 Å². The molecule has 21 heavy (non-hydrogen) atoms. The first-order valence-electron chi connectivity index (χ1n) is 7.81. The van der Waals surface area contributed by atoms with Crippen LogP contribution in [0.15, 0.2) is 29.2 Å². The van der Waals surface area contributed by atoms with Gasteiger partial charge in [-0.1, -0.05) is 19.1 Å². The van der Waals surface area contributed by atoms with Crippen LogP contribution < -0.4 is 5.32 Å². The smallest absolute Gasteiger partial charge is 0.243 e. The fourth-order valence-corrected chi connectivity index (χ4v) is 4.00. The Morgan fingerprint density at radius 1 is 1.24 bits per heavy atom. The summed E-state index contributed by atoms with van der Waals surface area (Å²) in [5.74, 6) is 0.571. The quantitative estimate of drug-likeness (QED) is 0.761. The largest absolute Gasteiger partial charge is 0.319 e. The molecule has 1 N–H and O–H groups in total. The zero-order chi connectivity index (χ0) is 15.3. The molecule has 0 amide bonds. The Kier molecular flexibility index (Phi) is 5.79. The monoisotopic (exact) mass is 310 g/mol. The van der Waals surface area contributed by atoms with Gasteiger partial charge in [-0.25, -0.2) is 8.42 Å². The summed E-state index contributed by atoms with van der Waals surface area (Å²) in [6.07, 6.45) is 4.10. The minimum absolute atomic E-state index is 0.421. The summed E-state index contributed by atoms with van der Waals surface area (Å²) in [6.45, 7) is 4.21. The van der Waals surface area contributed by atoms with Crippen molar-refractivity contribution in [2.75, 3.05) is 26.7 Å². The molecule has 1 fully saturated rings. The SMILES string of the molecule is CCCN(CC1CC1)S(=O)(=O)c1ccc(CCNC)cc1. The lowest BCUT2D eigenvalue weighted by atomic mass is 10.1. The molecule has 0 aromatic heterocycles. The zero-order valence-electron chi connectivity index (χ0n) is 13.0. The van der Waals surface area contributed by atoms with Crippen molar-refractivity contribution in [3.8, 4) is 0 Å². The summed E-state index contributed by atoms with van der Waals surface area (Å²) < 4.78 is 27.1. The Balaban J connectivity index is 2.12. The number of nitrogens with one attached hydrogen (secondary N) is 1. The maximum atomic E-state index is 12.7. The number of hydrogen-bond acceptors (Lipinski definition) is 3. The van der Waals surface area contributed by atoms with Crippen LogP contribution in [0.25, 0.3) is 0 Å². The highest BCUT2D eigenvalue weighted by molar-refractivity contribution is 7.89. The highest BCUT2D eigenvalue weighted by Gasteiger charge is 2.31. The molecular weight excluding hydrogens is 284 g/mol. The fourth-order valence-electron chi connectivity index (χ4n) is 2.39. The molecule has 118 valence electrons. The second kappa shape index (κ2) is 7.38. The molecule has 1 saturated carbocycles. The maximum Gasteiger partial charge on any atom is 0.243 e. The summed E-state index contributed by atoms with van der Waals surface area (Å²) in [7, 11) is -1.42. The predicted octanol–water partition coefficient (Wildman–Crippen LogP) is 2.26. The van der Waals surface area contributed by atoms with Gasteiger partial charge in [0.1, 0.15) is 0 Å². The molecule has 0 atom stereocenters. The average molecular weight is 310 g/mol. The van der Waals surface area contributed by atoms with Crippen molar-refractivity contribution in [3.63, 3.8) is 0 Å². The van der Waals surface area contributed by atoms with Crippen LogP contribution in [-0.4, -0.2) is 39.4 Å². The van der Waals surface area contributed by atoms with E-state index in [9.17, 15) is 8.42 Å². The van der Waals surface area contributed by atoms with E-state index in [4.69, 9.17) is 0 Å². The average Bonchev–Trinajstić information content (AvgIpc) is 3.29. The molecule has 1 aromatic rings. The molecule has 1 aromatic carbocycles. The number of benzene rings is 1. The standard InChI is InChI=1S/C16H26N2O2S/c1-3-12-18(13-15-4-5-15)21(19,20)16-8-6-14(7-9-16)10-11-17-2/h6-9,15,17H,3-5,10-13H2,1-2H3. The van der Waals surface area contributed by atoms with E-state index in [0.717, 1.165) is 24.9 Å². The number of rotatable bonds is 9. The van der Waals surface area contributed by atoms with Gasteiger partial charge in [0.05, 0.1) is 4.90 Å². The predicted molar refractivity (Wildman–Crippen MR) is 85.8 cm³/mol. The Morgan fingerprint density at radius 2 is 1.90 bits per heavy atom. The van der Waals surface area contributed by atoms with Crippen LogP contribution >= 0.6 is 0 Å². The van der Waals surface area contributed by atoms with Gasteiger partial charge in [-0.15, -0.1) is 0 Å². The first-order valence-corrected chi connectivity index (χ1v) is 9.25.